The standard InChI is InChI=1S/C16H24N2O3/c1-10(2)8-14(17)16(21,15(19)20)9-13-12-5-3-4-11(12)6-7-18-13/h6-7,10,14,21H,3-5,8-9,17H2,1-2H3,(H,19,20). The smallest absolute Gasteiger partial charge is 0.337 e. The van der Waals surface area contributed by atoms with E-state index in [1.807, 2.05) is 19.9 Å². The SMILES string of the molecule is CC(C)CC(N)C(O)(Cc1nccc2c1CCC2)C(=O)O. The summed E-state index contributed by atoms with van der Waals surface area (Å²) in [7, 11) is 0. The molecule has 0 aliphatic heterocycles. The Morgan fingerprint density at radius 1 is 1.48 bits per heavy atom. The van der Waals surface area contributed by atoms with Crippen LogP contribution in [0.25, 0.3) is 0 Å². The van der Waals surface area contributed by atoms with Gasteiger partial charge in [0.05, 0.1) is 0 Å². The van der Waals surface area contributed by atoms with E-state index in [1.54, 1.807) is 6.20 Å². The number of nitrogens with two attached hydrogens (primary N) is 1. The Balaban J connectivity index is 2.28. The average molecular weight is 292 g/mol. The maximum Gasteiger partial charge on any atom is 0.337 e. The van der Waals surface area contributed by atoms with Crippen molar-refractivity contribution in [3.63, 3.8) is 0 Å². The van der Waals surface area contributed by atoms with Crippen molar-refractivity contribution >= 4 is 5.97 Å². The predicted octanol–water partition coefficient (Wildman–Crippen LogP) is 1.30. The lowest BCUT2D eigenvalue weighted by molar-refractivity contribution is -0.161. The summed E-state index contributed by atoms with van der Waals surface area (Å²) in [6.45, 7) is 3.92. The van der Waals surface area contributed by atoms with Crippen LogP contribution in [0.5, 0.6) is 0 Å². The molecule has 1 heterocycles. The van der Waals surface area contributed by atoms with Crippen molar-refractivity contribution in [3.05, 3.63) is 29.1 Å². The van der Waals surface area contributed by atoms with Gasteiger partial charge >= 0.3 is 5.97 Å². The molecule has 5 nitrogen and oxygen atoms in total. The fraction of sp³-hybridized carbons (Fsp3) is 0.625. The second-order valence-corrected chi connectivity index (χ2v) is 6.39. The third-order valence-corrected chi connectivity index (χ3v) is 4.26. The zero-order valence-electron chi connectivity index (χ0n) is 12.7. The van der Waals surface area contributed by atoms with Gasteiger partial charge in [-0.05, 0) is 48.8 Å². The van der Waals surface area contributed by atoms with Gasteiger partial charge in [-0.15, -0.1) is 0 Å². The Bertz CT molecular complexity index is 530. The van der Waals surface area contributed by atoms with Gasteiger partial charge in [-0.1, -0.05) is 13.8 Å². The van der Waals surface area contributed by atoms with Crippen molar-refractivity contribution in [2.24, 2.45) is 11.7 Å². The first-order valence-corrected chi connectivity index (χ1v) is 7.51. The number of fused-ring (bicyclic) bond motifs is 1. The van der Waals surface area contributed by atoms with Crippen LogP contribution in [-0.2, 0) is 24.1 Å². The molecule has 1 aliphatic carbocycles. The molecule has 0 spiro atoms. The topological polar surface area (TPSA) is 96.4 Å². The number of aryl methyl sites for hydroxylation is 1. The molecule has 21 heavy (non-hydrogen) atoms. The summed E-state index contributed by atoms with van der Waals surface area (Å²) in [5.74, 6) is -1.05. The Morgan fingerprint density at radius 3 is 2.81 bits per heavy atom. The average Bonchev–Trinajstić information content (AvgIpc) is 2.86. The van der Waals surface area contributed by atoms with Crippen molar-refractivity contribution in [1.82, 2.24) is 4.98 Å². The van der Waals surface area contributed by atoms with Gasteiger partial charge < -0.3 is 15.9 Å². The van der Waals surface area contributed by atoms with Crippen molar-refractivity contribution < 1.29 is 15.0 Å². The van der Waals surface area contributed by atoms with Crippen LogP contribution in [0.3, 0.4) is 0 Å². The van der Waals surface area contributed by atoms with Crippen LogP contribution in [0.4, 0.5) is 0 Å². The van der Waals surface area contributed by atoms with Crippen LogP contribution in [0.1, 0.15) is 43.5 Å². The van der Waals surface area contributed by atoms with E-state index < -0.39 is 17.6 Å². The third kappa shape index (κ3) is 3.24. The maximum atomic E-state index is 11.6. The number of aromatic nitrogens is 1. The predicted molar refractivity (Wildman–Crippen MR) is 80.0 cm³/mol. The van der Waals surface area contributed by atoms with Gasteiger partial charge in [-0.3, -0.25) is 4.98 Å². The lowest BCUT2D eigenvalue weighted by Crippen LogP contribution is -2.56. The largest absolute Gasteiger partial charge is 0.479 e. The minimum absolute atomic E-state index is 0.0284. The molecule has 0 bridgehead atoms. The molecule has 0 amide bonds. The van der Waals surface area contributed by atoms with Gasteiger partial charge in [-0.2, -0.15) is 0 Å². The van der Waals surface area contributed by atoms with Gasteiger partial charge in [-0.25, -0.2) is 4.79 Å². The number of nitrogens with zero attached hydrogens (tertiary/aromatic N) is 1. The minimum Gasteiger partial charge on any atom is -0.479 e. The first-order chi connectivity index (χ1) is 9.84. The third-order valence-electron chi connectivity index (χ3n) is 4.26. The molecule has 0 aromatic carbocycles. The number of carboxylic acids is 1. The number of carboxylic acid groups (broad SMARTS) is 1. The molecule has 0 fully saturated rings. The molecule has 2 unspecified atom stereocenters. The molecule has 0 saturated heterocycles. The van der Waals surface area contributed by atoms with E-state index in [2.05, 4.69) is 4.98 Å². The Morgan fingerprint density at radius 2 is 2.19 bits per heavy atom. The molecule has 1 aromatic heterocycles. The van der Waals surface area contributed by atoms with Gasteiger partial charge in [0.1, 0.15) is 0 Å². The normalized spacial score (nSPS) is 18.3. The first kappa shape index (κ1) is 15.9. The number of aliphatic hydroxyl groups is 1. The zero-order valence-corrected chi connectivity index (χ0v) is 12.7. The van der Waals surface area contributed by atoms with Crippen LogP contribution in [-0.4, -0.2) is 32.8 Å². The van der Waals surface area contributed by atoms with Crippen molar-refractivity contribution in [1.29, 1.82) is 0 Å². The van der Waals surface area contributed by atoms with Gasteiger partial charge in [0.25, 0.3) is 0 Å². The van der Waals surface area contributed by atoms with E-state index in [0.29, 0.717) is 12.1 Å². The second-order valence-electron chi connectivity index (χ2n) is 6.39. The summed E-state index contributed by atoms with van der Waals surface area (Å²) >= 11 is 0. The van der Waals surface area contributed by atoms with Crippen molar-refractivity contribution in [3.8, 4) is 0 Å². The molecule has 4 N–H and O–H groups in total. The fourth-order valence-corrected chi connectivity index (χ4v) is 3.05. The molecule has 0 radical (unpaired) electrons. The van der Waals surface area contributed by atoms with E-state index in [4.69, 9.17) is 5.73 Å². The van der Waals surface area contributed by atoms with Crippen LogP contribution in [0.15, 0.2) is 12.3 Å². The molecule has 2 rings (SSSR count). The molecular formula is C16H24N2O3. The number of hydrogen-bond donors (Lipinski definition) is 3. The Labute approximate surface area is 125 Å². The summed E-state index contributed by atoms with van der Waals surface area (Å²) < 4.78 is 0. The molecule has 1 aromatic rings. The monoisotopic (exact) mass is 292 g/mol. The molecule has 1 aliphatic rings. The maximum absolute atomic E-state index is 11.6. The summed E-state index contributed by atoms with van der Waals surface area (Å²) in [4.78, 5) is 15.9. The highest BCUT2D eigenvalue weighted by molar-refractivity contribution is 5.78. The van der Waals surface area contributed by atoms with Crippen LogP contribution in [0.2, 0.25) is 0 Å². The molecule has 2 atom stereocenters. The Kier molecular flexibility index (Phi) is 4.64. The summed E-state index contributed by atoms with van der Waals surface area (Å²) in [5, 5.41) is 20.1. The minimum atomic E-state index is -1.96. The number of pyridine rings is 1. The highest BCUT2D eigenvalue weighted by Crippen LogP contribution is 2.28. The first-order valence-electron chi connectivity index (χ1n) is 7.51. The number of rotatable bonds is 6. The summed E-state index contributed by atoms with van der Waals surface area (Å²) in [6.07, 6.45) is 5.06. The lowest BCUT2D eigenvalue weighted by atomic mass is 9.83. The van der Waals surface area contributed by atoms with Crippen molar-refractivity contribution in [2.45, 2.75) is 57.6 Å². The van der Waals surface area contributed by atoms with E-state index in [-0.39, 0.29) is 12.3 Å². The van der Waals surface area contributed by atoms with Crippen LogP contribution < -0.4 is 5.73 Å². The highest BCUT2D eigenvalue weighted by atomic mass is 16.4. The zero-order chi connectivity index (χ0) is 15.6. The van der Waals surface area contributed by atoms with Crippen molar-refractivity contribution in [2.75, 3.05) is 0 Å². The van der Waals surface area contributed by atoms with Gasteiger partial charge in [0, 0.05) is 24.4 Å². The summed E-state index contributed by atoms with van der Waals surface area (Å²) in [6, 6.07) is 1.16. The van der Waals surface area contributed by atoms with E-state index in [9.17, 15) is 15.0 Å². The lowest BCUT2D eigenvalue weighted by Gasteiger charge is -2.31. The van der Waals surface area contributed by atoms with Gasteiger partial charge in [0.15, 0.2) is 5.60 Å². The van der Waals surface area contributed by atoms with Crippen LogP contribution >= 0.6 is 0 Å². The Hall–Kier alpha value is -1.46. The molecule has 5 heteroatoms. The van der Waals surface area contributed by atoms with Gasteiger partial charge in [0.2, 0.25) is 0 Å². The number of carbonyl (C=O) groups is 1. The number of aliphatic carboxylic acids is 1. The fourth-order valence-electron chi connectivity index (χ4n) is 3.05. The van der Waals surface area contributed by atoms with Crippen LogP contribution in [0, 0.1) is 5.92 Å². The second kappa shape index (κ2) is 6.12. The molecular weight excluding hydrogens is 268 g/mol. The quantitative estimate of drug-likeness (QED) is 0.734. The molecule has 116 valence electrons. The van der Waals surface area contributed by atoms with E-state index in [0.717, 1.165) is 24.8 Å². The molecule has 0 saturated carbocycles. The highest BCUT2D eigenvalue weighted by Gasteiger charge is 2.43. The summed E-state index contributed by atoms with van der Waals surface area (Å²) in [5.41, 5.74) is 7.01. The number of hydrogen-bond acceptors (Lipinski definition) is 4. The van der Waals surface area contributed by atoms with E-state index in [1.165, 1.54) is 5.56 Å². The van der Waals surface area contributed by atoms with E-state index >= 15 is 0 Å².